The number of thiophene rings is 1. The van der Waals surface area contributed by atoms with Crippen molar-refractivity contribution in [3.05, 3.63) is 52.4 Å². The van der Waals surface area contributed by atoms with Crippen LogP contribution in [0.1, 0.15) is 34.3 Å². The molecule has 0 saturated carbocycles. The van der Waals surface area contributed by atoms with Gasteiger partial charge in [-0.25, -0.2) is 0 Å². The van der Waals surface area contributed by atoms with Gasteiger partial charge >= 0.3 is 0 Å². The number of nitrogens with zero attached hydrogens (tertiary/aromatic N) is 4. The molecule has 4 rings (SSSR count). The number of carbonyl (C=O) groups excluding carboxylic acids is 2. The van der Waals surface area contributed by atoms with Gasteiger partial charge in [0, 0.05) is 44.6 Å². The average molecular weight is 441 g/mol. The minimum absolute atomic E-state index is 0.0278. The first-order valence-electron chi connectivity index (χ1n) is 10.0. The highest BCUT2D eigenvalue weighted by Crippen LogP contribution is 2.31. The van der Waals surface area contributed by atoms with Crippen LogP contribution in [-0.4, -0.2) is 53.0 Å². The molecule has 1 saturated heterocycles. The summed E-state index contributed by atoms with van der Waals surface area (Å²) in [4.78, 5) is 30.2. The number of rotatable bonds is 6. The molecule has 1 aliphatic rings. The molecule has 3 aromatic rings. The van der Waals surface area contributed by atoms with Gasteiger partial charge in [0.2, 0.25) is 11.0 Å². The van der Waals surface area contributed by atoms with Crippen molar-refractivity contribution < 1.29 is 9.59 Å². The summed E-state index contributed by atoms with van der Waals surface area (Å²) < 4.78 is 0. The molecule has 156 valence electrons. The van der Waals surface area contributed by atoms with E-state index >= 15 is 0 Å². The second-order valence-electron chi connectivity index (χ2n) is 7.46. The predicted molar refractivity (Wildman–Crippen MR) is 121 cm³/mol. The average Bonchev–Trinajstić information content (AvgIpc) is 3.45. The highest BCUT2D eigenvalue weighted by molar-refractivity contribution is 7.22. The standard InChI is InChI=1S/C22H24N4O2S2/c1-15-5-6-17(14-16(15)2)18(27)7-8-20(28)25-9-11-26(12-10-25)22-24-23-21(30-22)19-4-3-13-29-19/h3-6,13-14H,7-12H2,1-2H3. The van der Waals surface area contributed by atoms with Crippen LogP contribution in [0.3, 0.4) is 0 Å². The van der Waals surface area contributed by atoms with Gasteiger partial charge < -0.3 is 9.80 Å². The maximum atomic E-state index is 12.6. The van der Waals surface area contributed by atoms with Crippen LogP contribution in [0.4, 0.5) is 5.13 Å². The summed E-state index contributed by atoms with van der Waals surface area (Å²) in [5, 5.41) is 12.5. The first-order valence-corrected chi connectivity index (χ1v) is 11.7. The fourth-order valence-electron chi connectivity index (χ4n) is 3.43. The summed E-state index contributed by atoms with van der Waals surface area (Å²) in [6, 6.07) is 9.77. The Morgan fingerprint density at radius 1 is 1.00 bits per heavy atom. The number of piperazine rings is 1. The molecule has 0 aliphatic carbocycles. The van der Waals surface area contributed by atoms with E-state index in [1.54, 1.807) is 22.7 Å². The number of Topliss-reactive ketones (excluding diaryl/α,β-unsaturated/α-hetero) is 1. The van der Waals surface area contributed by atoms with Crippen molar-refractivity contribution in [1.29, 1.82) is 0 Å². The van der Waals surface area contributed by atoms with Crippen molar-refractivity contribution in [2.45, 2.75) is 26.7 Å². The molecule has 6 nitrogen and oxygen atoms in total. The summed E-state index contributed by atoms with van der Waals surface area (Å²) in [6.07, 6.45) is 0.509. The molecule has 0 bridgehead atoms. The molecule has 2 aromatic heterocycles. The van der Waals surface area contributed by atoms with E-state index < -0.39 is 0 Å². The third-order valence-corrected chi connectivity index (χ3v) is 7.47. The third-order valence-electron chi connectivity index (χ3n) is 5.44. The zero-order chi connectivity index (χ0) is 21.1. The van der Waals surface area contributed by atoms with Crippen LogP contribution in [0.5, 0.6) is 0 Å². The Morgan fingerprint density at radius 2 is 1.80 bits per heavy atom. The predicted octanol–water partition coefficient (Wildman–Crippen LogP) is 4.20. The molecular formula is C22H24N4O2S2. The van der Waals surface area contributed by atoms with E-state index in [4.69, 9.17) is 0 Å². The minimum atomic E-state index is 0.0278. The number of benzene rings is 1. The summed E-state index contributed by atoms with van der Waals surface area (Å²) in [6.45, 7) is 6.77. The maximum Gasteiger partial charge on any atom is 0.223 e. The van der Waals surface area contributed by atoms with Gasteiger partial charge in [-0.2, -0.15) is 0 Å². The number of amides is 1. The Kier molecular flexibility index (Phi) is 6.24. The molecule has 30 heavy (non-hydrogen) atoms. The molecule has 0 N–H and O–H groups in total. The number of hydrogen-bond acceptors (Lipinski definition) is 7. The fourth-order valence-corrected chi connectivity index (χ4v) is 5.12. The summed E-state index contributed by atoms with van der Waals surface area (Å²) in [5.74, 6) is 0.0726. The van der Waals surface area contributed by atoms with E-state index in [9.17, 15) is 9.59 Å². The van der Waals surface area contributed by atoms with E-state index in [0.29, 0.717) is 18.7 Å². The maximum absolute atomic E-state index is 12.6. The second kappa shape index (κ2) is 9.06. The Balaban J connectivity index is 1.27. The molecule has 0 spiro atoms. The van der Waals surface area contributed by atoms with E-state index in [1.807, 2.05) is 54.5 Å². The Labute approximate surface area is 184 Å². The van der Waals surface area contributed by atoms with Crippen molar-refractivity contribution in [3.63, 3.8) is 0 Å². The Hall–Kier alpha value is -2.58. The van der Waals surface area contributed by atoms with Crippen LogP contribution >= 0.6 is 22.7 Å². The van der Waals surface area contributed by atoms with Gasteiger partial charge in [-0.3, -0.25) is 9.59 Å². The van der Waals surface area contributed by atoms with Gasteiger partial charge in [0.05, 0.1) is 4.88 Å². The molecule has 0 atom stereocenters. The lowest BCUT2D eigenvalue weighted by Gasteiger charge is -2.34. The highest BCUT2D eigenvalue weighted by Gasteiger charge is 2.24. The molecule has 8 heteroatoms. The highest BCUT2D eigenvalue weighted by atomic mass is 32.1. The van der Waals surface area contributed by atoms with Crippen LogP contribution in [0.15, 0.2) is 35.7 Å². The van der Waals surface area contributed by atoms with Gasteiger partial charge in [-0.1, -0.05) is 29.5 Å². The summed E-state index contributed by atoms with van der Waals surface area (Å²) in [7, 11) is 0. The van der Waals surface area contributed by atoms with E-state index in [1.165, 1.54) is 5.56 Å². The van der Waals surface area contributed by atoms with Crippen LogP contribution in [-0.2, 0) is 4.79 Å². The number of aromatic nitrogens is 2. The molecule has 1 aromatic carbocycles. The van der Waals surface area contributed by atoms with E-state index in [-0.39, 0.29) is 24.5 Å². The largest absolute Gasteiger partial charge is 0.343 e. The van der Waals surface area contributed by atoms with E-state index in [0.717, 1.165) is 33.7 Å². The fraction of sp³-hybridized carbons (Fsp3) is 0.364. The van der Waals surface area contributed by atoms with Crippen molar-refractivity contribution >= 4 is 39.5 Å². The topological polar surface area (TPSA) is 66.4 Å². The van der Waals surface area contributed by atoms with Gasteiger partial charge in [0.25, 0.3) is 0 Å². The zero-order valence-electron chi connectivity index (χ0n) is 17.1. The van der Waals surface area contributed by atoms with E-state index in [2.05, 4.69) is 15.1 Å². The molecule has 0 unspecified atom stereocenters. The summed E-state index contributed by atoms with van der Waals surface area (Å²) in [5.41, 5.74) is 2.95. The monoisotopic (exact) mass is 440 g/mol. The quantitative estimate of drug-likeness (QED) is 0.538. The van der Waals surface area contributed by atoms with Crippen molar-refractivity contribution in [3.8, 4) is 9.88 Å². The normalized spacial score (nSPS) is 14.2. The number of carbonyl (C=O) groups is 2. The Morgan fingerprint density at radius 3 is 2.50 bits per heavy atom. The van der Waals surface area contributed by atoms with Gasteiger partial charge in [0.15, 0.2) is 10.8 Å². The second-order valence-corrected chi connectivity index (χ2v) is 9.36. The number of anilines is 1. The van der Waals surface area contributed by atoms with Crippen LogP contribution < -0.4 is 4.90 Å². The SMILES string of the molecule is Cc1ccc(C(=O)CCC(=O)N2CCN(c3nnc(-c4cccs4)s3)CC2)cc1C. The molecule has 0 radical (unpaired) electrons. The first kappa shape index (κ1) is 20.7. The minimum Gasteiger partial charge on any atom is -0.343 e. The lowest BCUT2D eigenvalue weighted by atomic mass is 10.0. The molecular weight excluding hydrogens is 416 g/mol. The van der Waals surface area contributed by atoms with Gasteiger partial charge in [0.1, 0.15) is 0 Å². The zero-order valence-corrected chi connectivity index (χ0v) is 18.8. The van der Waals surface area contributed by atoms with Crippen LogP contribution in [0.25, 0.3) is 9.88 Å². The summed E-state index contributed by atoms with van der Waals surface area (Å²) >= 11 is 3.24. The number of hydrogen-bond donors (Lipinski definition) is 0. The third kappa shape index (κ3) is 4.60. The van der Waals surface area contributed by atoms with Crippen LogP contribution in [0.2, 0.25) is 0 Å². The smallest absolute Gasteiger partial charge is 0.223 e. The lowest BCUT2D eigenvalue weighted by molar-refractivity contribution is -0.131. The van der Waals surface area contributed by atoms with Crippen molar-refractivity contribution in [1.82, 2.24) is 15.1 Å². The Bertz CT molecular complexity index is 1040. The molecule has 1 aliphatic heterocycles. The van der Waals surface area contributed by atoms with Gasteiger partial charge in [-0.05, 0) is 42.5 Å². The molecule has 3 heterocycles. The number of aryl methyl sites for hydroxylation is 2. The molecule has 1 fully saturated rings. The number of ketones is 1. The first-order chi connectivity index (χ1) is 14.5. The molecule has 1 amide bonds. The van der Waals surface area contributed by atoms with Crippen LogP contribution in [0, 0.1) is 13.8 Å². The van der Waals surface area contributed by atoms with Crippen molar-refractivity contribution in [2.75, 3.05) is 31.1 Å². The van der Waals surface area contributed by atoms with Gasteiger partial charge in [-0.15, -0.1) is 21.5 Å². The lowest BCUT2D eigenvalue weighted by Crippen LogP contribution is -2.48. The van der Waals surface area contributed by atoms with Crippen molar-refractivity contribution in [2.24, 2.45) is 0 Å².